The van der Waals surface area contributed by atoms with Crippen LogP contribution in [0.2, 0.25) is 0 Å². The van der Waals surface area contributed by atoms with Crippen LogP contribution in [0.25, 0.3) is 11.2 Å². The number of aryl methyl sites for hydroxylation is 1. The molecule has 1 aliphatic carbocycles. The van der Waals surface area contributed by atoms with E-state index in [9.17, 15) is 18.0 Å². The summed E-state index contributed by atoms with van der Waals surface area (Å²) < 4.78 is 41.9. The van der Waals surface area contributed by atoms with Crippen molar-refractivity contribution in [3.63, 3.8) is 0 Å². The molecule has 1 aromatic carbocycles. The van der Waals surface area contributed by atoms with Crippen molar-refractivity contribution in [2.75, 3.05) is 6.54 Å². The Bertz CT molecular complexity index is 1360. The second-order valence-electron chi connectivity index (χ2n) is 10.1. The predicted octanol–water partition coefficient (Wildman–Crippen LogP) is 6.43. The van der Waals surface area contributed by atoms with Gasteiger partial charge in [-0.15, -0.1) is 0 Å². The van der Waals surface area contributed by atoms with Gasteiger partial charge in [0.2, 0.25) is 0 Å². The summed E-state index contributed by atoms with van der Waals surface area (Å²) in [7, 11) is 0. The molecule has 0 radical (unpaired) electrons. The SMILES string of the molecule is Cc1cc(Cc2nccn3c(C4=CCN=C4C(F)(F)F)cnc23)ccc1C(=O)CC1CCC(C)CC1. The number of nitrogens with zero attached hydrogens (tertiary/aromatic N) is 4. The van der Waals surface area contributed by atoms with E-state index in [1.165, 1.54) is 25.1 Å². The summed E-state index contributed by atoms with van der Waals surface area (Å²) in [4.78, 5) is 25.4. The van der Waals surface area contributed by atoms with Crippen LogP contribution in [0, 0.1) is 18.8 Å². The molecule has 3 aromatic rings. The van der Waals surface area contributed by atoms with Gasteiger partial charge in [-0.2, -0.15) is 13.2 Å². The Balaban J connectivity index is 1.35. The maximum atomic E-state index is 13.4. The van der Waals surface area contributed by atoms with Crippen LogP contribution < -0.4 is 0 Å². The van der Waals surface area contributed by atoms with Gasteiger partial charge in [0.15, 0.2) is 11.4 Å². The summed E-state index contributed by atoms with van der Waals surface area (Å²) in [6, 6.07) is 5.83. The number of allylic oxidation sites excluding steroid dienone is 1. The van der Waals surface area contributed by atoms with E-state index in [0.29, 0.717) is 35.8 Å². The first-order valence-electron chi connectivity index (χ1n) is 12.5. The first kappa shape index (κ1) is 24.4. The first-order chi connectivity index (χ1) is 17.2. The van der Waals surface area contributed by atoms with E-state index in [1.807, 2.05) is 25.1 Å². The van der Waals surface area contributed by atoms with Crippen molar-refractivity contribution in [2.45, 2.75) is 58.5 Å². The summed E-state index contributed by atoms with van der Waals surface area (Å²) in [5.74, 6) is 1.43. The van der Waals surface area contributed by atoms with Crippen molar-refractivity contribution >= 4 is 22.7 Å². The molecule has 0 unspecified atom stereocenters. The molecule has 8 heteroatoms. The van der Waals surface area contributed by atoms with Gasteiger partial charge in [-0.25, -0.2) is 4.98 Å². The lowest BCUT2D eigenvalue weighted by atomic mass is 9.80. The highest BCUT2D eigenvalue weighted by atomic mass is 19.4. The number of fused-ring (bicyclic) bond motifs is 1. The van der Waals surface area contributed by atoms with Crippen LogP contribution in [0.3, 0.4) is 0 Å². The molecule has 0 spiro atoms. The van der Waals surface area contributed by atoms with E-state index >= 15 is 0 Å². The molecule has 2 aliphatic rings. The number of alkyl halides is 3. The molecule has 0 N–H and O–H groups in total. The maximum absolute atomic E-state index is 13.4. The Morgan fingerprint density at radius 3 is 2.64 bits per heavy atom. The molecule has 0 saturated heterocycles. The smallest absolute Gasteiger partial charge is 0.297 e. The Morgan fingerprint density at radius 2 is 1.92 bits per heavy atom. The van der Waals surface area contributed by atoms with E-state index in [2.05, 4.69) is 21.9 Å². The molecule has 1 saturated carbocycles. The Hall–Kier alpha value is -3.29. The minimum atomic E-state index is -4.52. The molecule has 1 fully saturated rings. The zero-order valence-electron chi connectivity index (χ0n) is 20.5. The highest BCUT2D eigenvalue weighted by Crippen LogP contribution is 2.33. The lowest BCUT2D eigenvalue weighted by Crippen LogP contribution is -2.23. The molecule has 2 aromatic heterocycles. The standard InChI is InChI=1S/C28H29F3N4O/c1-17-3-5-19(6-4-17)15-25(36)21-8-7-20(13-18(21)2)14-23-27-34-16-24(35(27)12-11-32-23)22-9-10-33-26(22)28(29,30)31/h7-9,11-13,16-17,19H,3-6,10,14-15H2,1-2H3. The van der Waals surface area contributed by atoms with Gasteiger partial charge in [-0.1, -0.05) is 44.0 Å². The molecular weight excluding hydrogens is 465 g/mol. The topological polar surface area (TPSA) is 59.6 Å². The van der Waals surface area contributed by atoms with Gasteiger partial charge in [-0.3, -0.25) is 19.2 Å². The van der Waals surface area contributed by atoms with Crippen molar-refractivity contribution in [3.05, 3.63) is 70.9 Å². The molecule has 0 atom stereocenters. The third-order valence-electron chi connectivity index (χ3n) is 7.42. The van der Waals surface area contributed by atoms with Crippen LogP contribution in [0.5, 0.6) is 0 Å². The average molecular weight is 495 g/mol. The van der Waals surface area contributed by atoms with Crippen LogP contribution in [0.15, 0.2) is 47.9 Å². The molecule has 0 bridgehead atoms. The van der Waals surface area contributed by atoms with Crippen LogP contribution in [-0.4, -0.2) is 38.6 Å². The molecule has 1 aliphatic heterocycles. The lowest BCUT2D eigenvalue weighted by molar-refractivity contribution is -0.0571. The number of Topliss-reactive ketones (excluding diaryl/α,β-unsaturated/α-hetero) is 1. The quantitative estimate of drug-likeness (QED) is 0.371. The Kier molecular flexibility index (Phi) is 6.53. The van der Waals surface area contributed by atoms with Crippen molar-refractivity contribution in [1.29, 1.82) is 0 Å². The number of aliphatic imine (C=N–C) groups is 1. The minimum Gasteiger partial charge on any atom is -0.297 e. The van der Waals surface area contributed by atoms with Gasteiger partial charge in [0.1, 0.15) is 5.71 Å². The van der Waals surface area contributed by atoms with Crippen molar-refractivity contribution in [2.24, 2.45) is 16.8 Å². The Labute approximate surface area is 208 Å². The van der Waals surface area contributed by atoms with E-state index in [-0.39, 0.29) is 17.9 Å². The number of hydrogen-bond donors (Lipinski definition) is 0. The first-order valence-corrected chi connectivity index (χ1v) is 12.5. The number of ketones is 1. The van der Waals surface area contributed by atoms with E-state index in [4.69, 9.17) is 0 Å². The van der Waals surface area contributed by atoms with E-state index in [0.717, 1.165) is 35.4 Å². The predicted molar refractivity (Wildman–Crippen MR) is 133 cm³/mol. The molecule has 5 nitrogen and oxygen atoms in total. The normalized spacial score (nSPS) is 20.5. The number of carbonyl (C=O) groups is 1. The van der Waals surface area contributed by atoms with Gasteiger partial charge in [0, 0.05) is 36.4 Å². The minimum absolute atomic E-state index is 0.000431. The second-order valence-corrected chi connectivity index (χ2v) is 10.1. The fourth-order valence-corrected chi connectivity index (χ4v) is 5.42. The zero-order valence-corrected chi connectivity index (χ0v) is 20.5. The number of aromatic nitrogens is 3. The van der Waals surface area contributed by atoms with Crippen molar-refractivity contribution < 1.29 is 18.0 Å². The number of halogens is 3. The maximum Gasteiger partial charge on any atom is 0.433 e. The van der Waals surface area contributed by atoms with Gasteiger partial charge < -0.3 is 0 Å². The second kappa shape index (κ2) is 9.64. The van der Waals surface area contributed by atoms with Gasteiger partial charge in [0.25, 0.3) is 0 Å². The third-order valence-corrected chi connectivity index (χ3v) is 7.42. The number of benzene rings is 1. The lowest BCUT2D eigenvalue weighted by Gasteiger charge is -2.25. The molecule has 3 heterocycles. The zero-order chi connectivity index (χ0) is 25.4. The Morgan fingerprint density at radius 1 is 1.14 bits per heavy atom. The molecular formula is C28H29F3N4O. The molecule has 0 amide bonds. The van der Waals surface area contributed by atoms with Crippen LogP contribution in [-0.2, 0) is 6.42 Å². The summed E-state index contributed by atoms with van der Waals surface area (Å²) in [5, 5.41) is 0. The number of hydrogen-bond acceptors (Lipinski definition) is 4. The van der Waals surface area contributed by atoms with Crippen LogP contribution >= 0.6 is 0 Å². The fourth-order valence-electron chi connectivity index (χ4n) is 5.42. The average Bonchev–Trinajstić information content (AvgIpc) is 3.48. The van der Waals surface area contributed by atoms with E-state index < -0.39 is 11.9 Å². The fraction of sp³-hybridized carbons (Fsp3) is 0.429. The highest BCUT2D eigenvalue weighted by Gasteiger charge is 2.40. The largest absolute Gasteiger partial charge is 0.433 e. The van der Waals surface area contributed by atoms with Crippen LogP contribution in [0.1, 0.15) is 71.9 Å². The van der Waals surface area contributed by atoms with E-state index in [1.54, 1.807) is 16.8 Å². The third kappa shape index (κ3) is 4.86. The number of imidazole rings is 1. The molecule has 36 heavy (non-hydrogen) atoms. The number of carbonyl (C=O) groups excluding carboxylic acids is 1. The van der Waals surface area contributed by atoms with Crippen molar-refractivity contribution in [3.8, 4) is 0 Å². The summed E-state index contributed by atoms with van der Waals surface area (Å²) in [6.45, 7) is 4.23. The summed E-state index contributed by atoms with van der Waals surface area (Å²) in [6.07, 6.45) is 7.29. The molecule has 188 valence electrons. The van der Waals surface area contributed by atoms with Crippen molar-refractivity contribution in [1.82, 2.24) is 14.4 Å². The summed E-state index contributed by atoms with van der Waals surface area (Å²) >= 11 is 0. The number of rotatable bonds is 6. The monoisotopic (exact) mass is 494 g/mol. The van der Waals surface area contributed by atoms with Gasteiger partial charge in [-0.05, 0) is 42.7 Å². The molecule has 5 rings (SSSR count). The summed E-state index contributed by atoms with van der Waals surface area (Å²) in [5.41, 5.74) is 3.33. The highest BCUT2D eigenvalue weighted by molar-refractivity contribution is 6.27. The van der Waals surface area contributed by atoms with Gasteiger partial charge in [0.05, 0.1) is 24.1 Å². The van der Waals surface area contributed by atoms with Crippen LogP contribution in [0.4, 0.5) is 13.2 Å². The van der Waals surface area contributed by atoms with Gasteiger partial charge >= 0.3 is 6.18 Å².